The molecule has 0 radical (unpaired) electrons. The summed E-state index contributed by atoms with van der Waals surface area (Å²) < 4.78 is 28.0. The van der Waals surface area contributed by atoms with Crippen LogP contribution in [-0.2, 0) is 9.84 Å². The maximum absolute atomic E-state index is 11.3. The zero-order chi connectivity index (χ0) is 12.0. The van der Waals surface area contributed by atoms with Gasteiger partial charge in [0.15, 0.2) is 9.84 Å². The van der Waals surface area contributed by atoms with Gasteiger partial charge >= 0.3 is 0 Å². The minimum absolute atomic E-state index is 0.281. The van der Waals surface area contributed by atoms with E-state index < -0.39 is 9.84 Å². The number of ether oxygens (including phenoxy) is 1. The Balaban J connectivity index is 2.62. The summed E-state index contributed by atoms with van der Waals surface area (Å²) in [6.45, 7) is 1.21. The number of rotatable bonds is 6. The first-order chi connectivity index (χ1) is 7.54. The Kier molecular flexibility index (Phi) is 4.76. The van der Waals surface area contributed by atoms with Gasteiger partial charge in [-0.25, -0.2) is 8.42 Å². The van der Waals surface area contributed by atoms with Crippen LogP contribution in [-0.4, -0.2) is 27.8 Å². The number of unbranched alkanes of at least 4 members (excludes halogenated alkanes) is 1. The molecule has 1 aromatic rings. The topological polar surface area (TPSA) is 69.4 Å². The van der Waals surface area contributed by atoms with E-state index in [9.17, 15) is 8.42 Å². The van der Waals surface area contributed by atoms with Crippen LogP contribution in [0.4, 0.5) is 0 Å². The third-order valence-corrected chi connectivity index (χ3v) is 3.21. The van der Waals surface area contributed by atoms with Gasteiger partial charge in [-0.3, -0.25) is 0 Å². The van der Waals surface area contributed by atoms with Gasteiger partial charge in [0.1, 0.15) is 5.75 Å². The Bertz CT molecular complexity index is 429. The SMILES string of the molecule is CS(=O)(=O)c1cccc(OCCCCN)c1. The summed E-state index contributed by atoms with van der Waals surface area (Å²) in [5.41, 5.74) is 5.35. The Morgan fingerprint density at radius 1 is 1.31 bits per heavy atom. The summed E-state index contributed by atoms with van der Waals surface area (Å²) in [4.78, 5) is 0.281. The molecule has 5 heteroatoms. The van der Waals surface area contributed by atoms with E-state index in [-0.39, 0.29) is 4.90 Å². The number of nitrogens with two attached hydrogens (primary N) is 1. The van der Waals surface area contributed by atoms with Crippen molar-refractivity contribution in [2.75, 3.05) is 19.4 Å². The maximum atomic E-state index is 11.3. The first-order valence-electron chi connectivity index (χ1n) is 5.17. The Labute approximate surface area is 96.3 Å². The van der Waals surface area contributed by atoms with Crippen LogP contribution in [0.5, 0.6) is 5.75 Å². The maximum Gasteiger partial charge on any atom is 0.175 e. The van der Waals surface area contributed by atoms with Crippen LogP contribution < -0.4 is 10.5 Å². The fraction of sp³-hybridized carbons (Fsp3) is 0.455. The second kappa shape index (κ2) is 5.86. The van der Waals surface area contributed by atoms with Gasteiger partial charge in [-0.2, -0.15) is 0 Å². The molecular weight excluding hydrogens is 226 g/mol. The molecule has 0 saturated carbocycles. The lowest BCUT2D eigenvalue weighted by molar-refractivity contribution is 0.307. The molecule has 16 heavy (non-hydrogen) atoms. The van der Waals surface area contributed by atoms with Crippen molar-refractivity contribution in [2.45, 2.75) is 17.7 Å². The summed E-state index contributed by atoms with van der Waals surface area (Å²) in [6.07, 6.45) is 2.96. The van der Waals surface area contributed by atoms with Crippen LogP contribution in [0.25, 0.3) is 0 Å². The third-order valence-electron chi connectivity index (χ3n) is 2.10. The average Bonchev–Trinajstić information content (AvgIpc) is 2.24. The molecule has 0 unspecified atom stereocenters. The van der Waals surface area contributed by atoms with Crippen LogP contribution in [0.1, 0.15) is 12.8 Å². The minimum atomic E-state index is -3.16. The summed E-state index contributed by atoms with van der Waals surface area (Å²) in [7, 11) is -3.16. The van der Waals surface area contributed by atoms with Crippen molar-refractivity contribution < 1.29 is 13.2 Å². The molecule has 0 aliphatic rings. The number of hydrogen-bond acceptors (Lipinski definition) is 4. The van der Waals surface area contributed by atoms with Crippen LogP contribution in [0.3, 0.4) is 0 Å². The molecule has 0 aliphatic carbocycles. The van der Waals surface area contributed by atoms with Gasteiger partial charge < -0.3 is 10.5 Å². The lowest BCUT2D eigenvalue weighted by atomic mass is 10.3. The standard InChI is InChI=1S/C11H17NO3S/c1-16(13,14)11-6-4-5-10(9-11)15-8-3-2-7-12/h4-6,9H,2-3,7-8,12H2,1H3. The summed E-state index contributed by atoms with van der Waals surface area (Å²) in [5, 5.41) is 0. The molecular formula is C11H17NO3S. The van der Waals surface area contributed by atoms with E-state index in [1.807, 2.05) is 0 Å². The van der Waals surface area contributed by atoms with Crippen molar-refractivity contribution in [3.05, 3.63) is 24.3 Å². The zero-order valence-electron chi connectivity index (χ0n) is 9.35. The third kappa shape index (κ3) is 4.20. The van der Waals surface area contributed by atoms with Crippen molar-refractivity contribution in [2.24, 2.45) is 5.73 Å². The lowest BCUT2D eigenvalue weighted by Gasteiger charge is -2.06. The molecule has 0 spiro atoms. The predicted octanol–water partition coefficient (Wildman–Crippen LogP) is 1.21. The molecule has 4 nitrogen and oxygen atoms in total. The molecule has 2 N–H and O–H groups in total. The fourth-order valence-corrected chi connectivity index (χ4v) is 1.89. The van der Waals surface area contributed by atoms with Gasteiger partial charge in [0.25, 0.3) is 0 Å². The largest absolute Gasteiger partial charge is 0.494 e. The van der Waals surface area contributed by atoms with Crippen LogP contribution in [0, 0.1) is 0 Å². The first kappa shape index (κ1) is 13.0. The van der Waals surface area contributed by atoms with E-state index in [4.69, 9.17) is 10.5 Å². The van der Waals surface area contributed by atoms with E-state index in [0.717, 1.165) is 12.8 Å². The van der Waals surface area contributed by atoms with E-state index >= 15 is 0 Å². The van der Waals surface area contributed by atoms with Crippen molar-refractivity contribution in [1.29, 1.82) is 0 Å². The normalized spacial score (nSPS) is 11.4. The van der Waals surface area contributed by atoms with Gasteiger partial charge in [-0.1, -0.05) is 6.07 Å². The molecule has 0 bridgehead atoms. The summed E-state index contributed by atoms with van der Waals surface area (Å²) >= 11 is 0. The molecule has 1 aromatic carbocycles. The quantitative estimate of drug-likeness (QED) is 0.762. The van der Waals surface area contributed by atoms with E-state index in [1.54, 1.807) is 18.2 Å². The second-order valence-corrected chi connectivity index (χ2v) is 5.61. The van der Waals surface area contributed by atoms with Crippen molar-refractivity contribution in [3.8, 4) is 5.75 Å². The molecule has 0 heterocycles. The molecule has 0 amide bonds. The predicted molar refractivity (Wildman–Crippen MR) is 63.3 cm³/mol. The number of sulfone groups is 1. The molecule has 90 valence electrons. The summed E-state index contributed by atoms with van der Waals surface area (Å²) in [6, 6.07) is 6.52. The highest BCUT2D eigenvalue weighted by molar-refractivity contribution is 7.90. The van der Waals surface area contributed by atoms with E-state index in [1.165, 1.54) is 12.3 Å². The van der Waals surface area contributed by atoms with Crippen LogP contribution >= 0.6 is 0 Å². The molecule has 1 rings (SSSR count). The minimum Gasteiger partial charge on any atom is -0.494 e. The molecule has 0 aliphatic heterocycles. The van der Waals surface area contributed by atoms with Gasteiger partial charge in [-0.05, 0) is 37.6 Å². The highest BCUT2D eigenvalue weighted by Crippen LogP contribution is 2.17. The Hall–Kier alpha value is -1.07. The molecule has 0 fully saturated rings. The number of hydrogen-bond donors (Lipinski definition) is 1. The van der Waals surface area contributed by atoms with E-state index in [0.29, 0.717) is 18.9 Å². The smallest absolute Gasteiger partial charge is 0.175 e. The van der Waals surface area contributed by atoms with Gasteiger partial charge in [0, 0.05) is 6.26 Å². The van der Waals surface area contributed by atoms with Crippen molar-refractivity contribution >= 4 is 9.84 Å². The monoisotopic (exact) mass is 243 g/mol. The molecule has 0 aromatic heterocycles. The highest BCUT2D eigenvalue weighted by atomic mass is 32.2. The van der Waals surface area contributed by atoms with Gasteiger partial charge in [-0.15, -0.1) is 0 Å². The lowest BCUT2D eigenvalue weighted by Crippen LogP contribution is -2.04. The van der Waals surface area contributed by atoms with Crippen LogP contribution in [0.2, 0.25) is 0 Å². The van der Waals surface area contributed by atoms with Gasteiger partial charge in [0.2, 0.25) is 0 Å². The van der Waals surface area contributed by atoms with E-state index in [2.05, 4.69) is 0 Å². The number of benzene rings is 1. The Morgan fingerprint density at radius 2 is 2.06 bits per heavy atom. The molecule has 0 atom stereocenters. The summed E-state index contributed by atoms with van der Waals surface area (Å²) in [5.74, 6) is 0.583. The second-order valence-electron chi connectivity index (χ2n) is 3.59. The Morgan fingerprint density at radius 3 is 2.69 bits per heavy atom. The highest BCUT2D eigenvalue weighted by Gasteiger charge is 2.07. The fourth-order valence-electron chi connectivity index (χ4n) is 1.23. The van der Waals surface area contributed by atoms with Crippen molar-refractivity contribution in [1.82, 2.24) is 0 Å². The van der Waals surface area contributed by atoms with Crippen molar-refractivity contribution in [3.63, 3.8) is 0 Å². The van der Waals surface area contributed by atoms with Gasteiger partial charge in [0.05, 0.1) is 11.5 Å². The zero-order valence-corrected chi connectivity index (χ0v) is 10.2. The molecule has 0 saturated heterocycles. The first-order valence-corrected chi connectivity index (χ1v) is 7.06. The van der Waals surface area contributed by atoms with Crippen LogP contribution in [0.15, 0.2) is 29.2 Å². The average molecular weight is 243 g/mol.